The van der Waals surface area contributed by atoms with Gasteiger partial charge in [0.05, 0.1) is 16.6 Å². The van der Waals surface area contributed by atoms with Crippen LogP contribution in [0.1, 0.15) is 39.2 Å². The lowest BCUT2D eigenvalue weighted by Gasteiger charge is -2.16. The first-order valence-electron chi connectivity index (χ1n) is 8.56. The highest BCUT2D eigenvalue weighted by Gasteiger charge is 2.19. The van der Waals surface area contributed by atoms with E-state index in [1.165, 1.54) is 24.4 Å². The number of ether oxygens (including phenoxy) is 1. The number of carbonyl (C=O) groups excluding carboxylic acids is 1. The van der Waals surface area contributed by atoms with Gasteiger partial charge in [-0.1, -0.05) is 35.3 Å². The number of aromatic nitrogens is 1. The van der Waals surface area contributed by atoms with E-state index in [0.717, 1.165) is 5.56 Å². The predicted molar refractivity (Wildman–Crippen MR) is 110 cm³/mol. The van der Waals surface area contributed by atoms with Crippen molar-refractivity contribution in [3.8, 4) is 11.6 Å². The van der Waals surface area contributed by atoms with Crippen molar-refractivity contribution < 1.29 is 19.4 Å². The van der Waals surface area contributed by atoms with Crippen LogP contribution in [0.2, 0.25) is 10.0 Å². The van der Waals surface area contributed by atoms with Gasteiger partial charge in [-0.3, -0.25) is 4.79 Å². The van der Waals surface area contributed by atoms with Crippen LogP contribution in [-0.4, -0.2) is 22.0 Å². The average Bonchev–Trinajstić information content (AvgIpc) is 2.71. The van der Waals surface area contributed by atoms with E-state index in [-0.39, 0.29) is 28.1 Å². The summed E-state index contributed by atoms with van der Waals surface area (Å²) in [6.45, 7) is 1.78. The van der Waals surface area contributed by atoms with Crippen LogP contribution < -0.4 is 10.1 Å². The second kappa shape index (κ2) is 8.94. The van der Waals surface area contributed by atoms with Crippen molar-refractivity contribution in [3.63, 3.8) is 0 Å². The summed E-state index contributed by atoms with van der Waals surface area (Å²) < 4.78 is 5.72. The molecule has 1 aromatic heterocycles. The first-order chi connectivity index (χ1) is 13.8. The van der Waals surface area contributed by atoms with E-state index >= 15 is 0 Å². The molecular weight excluding hydrogens is 415 g/mol. The van der Waals surface area contributed by atoms with Gasteiger partial charge in [-0.25, -0.2) is 9.78 Å². The molecular formula is C21H16Cl2N2O4. The Labute approximate surface area is 177 Å². The third-order valence-corrected chi connectivity index (χ3v) is 4.55. The summed E-state index contributed by atoms with van der Waals surface area (Å²) >= 11 is 11.9. The van der Waals surface area contributed by atoms with Gasteiger partial charge >= 0.3 is 5.97 Å². The zero-order valence-electron chi connectivity index (χ0n) is 15.2. The largest absolute Gasteiger partial charge is 0.478 e. The molecule has 148 valence electrons. The Morgan fingerprint density at radius 3 is 2.31 bits per heavy atom. The molecule has 1 atom stereocenters. The van der Waals surface area contributed by atoms with Gasteiger partial charge in [-0.05, 0) is 55.0 Å². The van der Waals surface area contributed by atoms with E-state index in [4.69, 9.17) is 33.0 Å². The number of halogens is 2. The van der Waals surface area contributed by atoms with E-state index in [1.807, 2.05) is 0 Å². The molecule has 0 spiro atoms. The summed E-state index contributed by atoms with van der Waals surface area (Å²) in [5.74, 6) is -0.876. The number of carboxylic acids is 1. The Morgan fingerprint density at radius 2 is 1.69 bits per heavy atom. The normalized spacial score (nSPS) is 11.6. The molecule has 0 saturated heterocycles. The quantitative estimate of drug-likeness (QED) is 0.548. The average molecular weight is 431 g/mol. The zero-order valence-corrected chi connectivity index (χ0v) is 16.7. The van der Waals surface area contributed by atoms with Gasteiger partial charge in [-0.2, -0.15) is 0 Å². The van der Waals surface area contributed by atoms with Gasteiger partial charge in [0.25, 0.3) is 5.91 Å². The fraction of sp³-hybridized carbons (Fsp3) is 0.0952. The maximum atomic E-state index is 12.8. The van der Waals surface area contributed by atoms with Gasteiger partial charge in [0.15, 0.2) is 0 Å². The minimum atomic E-state index is -1.01. The Hall–Kier alpha value is -3.09. The van der Waals surface area contributed by atoms with Crippen molar-refractivity contribution in [1.29, 1.82) is 0 Å². The van der Waals surface area contributed by atoms with E-state index in [0.29, 0.717) is 10.8 Å². The Morgan fingerprint density at radius 1 is 1.03 bits per heavy atom. The summed E-state index contributed by atoms with van der Waals surface area (Å²) in [6.07, 6.45) is 1.39. The lowest BCUT2D eigenvalue weighted by atomic mass is 10.1. The molecule has 2 N–H and O–H groups in total. The summed E-state index contributed by atoms with van der Waals surface area (Å²) in [5, 5.41) is 12.7. The number of amides is 1. The van der Waals surface area contributed by atoms with Crippen molar-refractivity contribution in [1.82, 2.24) is 10.3 Å². The van der Waals surface area contributed by atoms with Crippen molar-refractivity contribution in [3.05, 3.63) is 87.5 Å². The number of hydrogen-bond acceptors (Lipinski definition) is 4. The lowest BCUT2D eigenvalue weighted by Crippen LogP contribution is -2.27. The molecule has 6 nitrogen and oxygen atoms in total. The van der Waals surface area contributed by atoms with Crippen LogP contribution in [-0.2, 0) is 0 Å². The first kappa shape index (κ1) is 20.6. The van der Waals surface area contributed by atoms with E-state index in [9.17, 15) is 9.59 Å². The highest BCUT2D eigenvalue weighted by atomic mass is 35.5. The van der Waals surface area contributed by atoms with E-state index < -0.39 is 11.9 Å². The van der Waals surface area contributed by atoms with Crippen LogP contribution in [0.3, 0.4) is 0 Å². The fourth-order valence-corrected chi connectivity index (χ4v) is 2.84. The third-order valence-electron chi connectivity index (χ3n) is 4.10. The summed E-state index contributed by atoms with van der Waals surface area (Å²) in [5.41, 5.74) is 1.09. The molecule has 0 fully saturated rings. The second-order valence-corrected chi connectivity index (χ2v) is 7.06. The van der Waals surface area contributed by atoms with Gasteiger partial charge in [0.1, 0.15) is 11.3 Å². The number of hydrogen-bond donors (Lipinski definition) is 2. The minimum Gasteiger partial charge on any atom is -0.478 e. The molecule has 3 aromatic rings. The van der Waals surface area contributed by atoms with Crippen molar-refractivity contribution in [2.45, 2.75) is 13.0 Å². The molecule has 0 aliphatic rings. The lowest BCUT2D eigenvalue weighted by molar-refractivity contribution is 0.0696. The van der Waals surface area contributed by atoms with Crippen LogP contribution in [0.15, 0.2) is 60.8 Å². The zero-order chi connectivity index (χ0) is 21.0. The number of benzene rings is 2. The van der Waals surface area contributed by atoms with Crippen LogP contribution in [0.4, 0.5) is 0 Å². The van der Waals surface area contributed by atoms with Gasteiger partial charge in [0, 0.05) is 11.2 Å². The van der Waals surface area contributed by atoms with E-state index in [2.05, 4.69) is 10.3 Å². The highest BCUT2D eigenvalue weighted by molar-refractivity contribution is 6.31. The molecule has 0 saturated carbocycles. The molecule has 29 heavy (non-hydrogen) atoms. The van der Waals surface area contributed by atoms with Crippen molar-refractivity contribution in [2.24, 2.45) is 0 Å². The number of pyridine rings is 1. The molecule has 2 aromatic carbocycles. The van der Waals surface area contributed by atoms with Crippen LogP contribution in [0.5, 0.6) is 11.6 Å². The number of nitrogens with zero attached hydrogens (tertiary/aromatic N) is 1. The molecule has 1 amide bonds. The Bertz CT molecular complexity index is 1040. The maximum absolute atomic E-state index is 12.8. The number of carboxylic acid groups (broad SMARTS) is 1. The summed E-state index contributed by atoms with van der Waals surface area (Å²) in [4.78, 5) is 27.9. The Kier molecular flexibility index (Phi) is 6.36. The second-order valence-electron chi connectivity index (χ2n) is 6.18. The van der Waals surface area contributed by atoms with E-state index in [1.54, 1.807) is 43.3 Å². The SMILES string of the molecule is C[C@H](NC(=O)c1cc(Cl)cnc1Oc1ccc(Cl)cc1)c1ccc(C(=O)O)cc1. The summed E-state index contributed by atoms with van der Waals surface area (Å²) in [7, 11) is 0. The summed E-state index contributed by atoms with van der Waals surface area (Å²) in [6, 6.07) is 14.0. The molecule has 8 heteroatoms. The molecule has 0 radical (unpaired) electrons. The van der Waals surface area contributed by atoms with Gasteiger partial charge in [-0.15, -0.1) is 0 Å². The number of aromatic carboxylic acids is 1. The third kappa shape index (κ3) is 5.25. The number of nitrogens with one attached hydrogen (secondary N) is 1. The maximum Gasteiger partial charge on any atom is 0.335 e. The molecule has 0 bridgehead atoms. The first-order valence-corrected chi connectivity index (χ1v) is 9.32. The highest BCUT2D eigenvalue weighted by Crippen LogP contribution is 2.27. The number of rotatable bonds is 6. The number of carbonyl (C=O) groups is 2. The standard InChI is InChI=1S/C21H16Cl2N2O4/c1-12(13-2-4-14(5-3-13)21(27)28)25-19(26)18-10-16(23)11-24-20(18)29-17-8-6-15(22)7-9-17/h2-12H,1H3,(H,25,26)(H,27,28)/t12-/m0/s1. The van der Waals surface area contributed by atoms with Gasteiger partial charge in [0.2, 0.25) is 5.88 Å². The smallest absolute Gasteiger partial charge is 0.335 e. The molecule has 0 aliphatic carbocycles. The van der Waals surface area contributed by atoms with Crippen molar-refractivity contribution >= 4 is 35.1 Å². The topological polar surface area (TPSA) is 88.5 Å². The fourth-order valence-electron chi connectivity index (χ4n) is 2.56. The molecule has 0 aliphatic heterocycles. The minimum absolute atomic E-state index is 0.0997. The van der Waals surface area contributed by atoms with Crippen LogP contribution in [0.25, 0.3) is 0 Å². The van der Waals surface area contributed by atoms with Crippen LogP contribution in [0, 0.1) is 0 Å². The van der Waals surface area contributed by atoms with Crippen LogP contribution >= 0.6 is 23.2 Å². The predicted octanol–water partition coefficient (Wildman–Crippen LogP) is 5.37. The molecule has 3 rings (SSSR count). The molecule has 1 heterocycles. The Balaban J connectivity index is 1.79. The monoisotopic (exact) mass is 430 g/mol. The van der Waals surface area contributed by atoms with Gasteiger partial charge < -0.3 is 15.2 Å². The van der Waals surface area contributed by atoms with Crippen molar-refractivity contribution in [2.75, 3.05) is 0 Å². The molecule has 0 unspecified atom stereocenters.